The van der Waals surface area contributed by atoms with E-state index in [2.05, 4.69) is 10.6 Å². The van der Waals surface area contributed by atoms with Crippen LogP contribution >= 0.6 is 11.6 Å². The van der Waals surface area contributed by atoms with E-state index in [1.165, 1.54) is 7.05 Å². The number of amides is 4. The molecule has 2 atom stereocenters. The first-order chi connectivity index (χ1) is 16.3. The zero-order valence-corrected chi connectivity index (χ0v) is 21.2. The highest BCUT2D eigenvalue weighted by Crippen LogP contribution is 2.28. The monoisotopic (exact) mass is 502 g/mol. The summed E-state index contributed by atoms with van der Waals surface area (Å²) in [4.78, 5) is 52.0. The summed E-state index contributed by atoms with van der Waals surface area (Å²) in [5, 5.41) is 5.53. The Balaban J connectivity index is 2.38. The number of nitrogens with one attached hydrogen (secondary N) is 2. The van der Waals surface area contributed by atoms with Gasteiger partial charge in [-0.05, 0) is 44.9 Å². The van der Waals surface area contributed by atoms with Crippen LogP contribution < -0.4 is 16.4 Å². The van der Waals surface area contributed by atoms with Crippen LogP contribution in [0.25, 0.3) is 0 Å². The van der Waals surface area contributed by atoms with E-state index in [-0.39, 0.29) is 0 Å². The van der Waals surface area contributed by atoms with Crippen LogP contribution in [0.1, 0.15) is 44.4 Å². The first kappa shape index (κ1) is 27.7. The van der Waals surface area contributed by atoms with Crippen LogP contribution in [-0.4, -0.2) is 47.4 Å². The number of carbonyl (C=O) groups is 4. The molecular weight excluding hydrogens is 472 g/mol. The second-order valence-electron chi connectivity index (χ2n) is 9.05. The summed E-state index contributed by atoms with van der Waals surface area (Å²) in [6.45, 7) is 6.78. The van der Waals surface area contributed by atoms with Gasteiger partial charge in [-0.2, -0.15) is 0 Å². The number of para-hydroxylation sites is 1. The molecule has 2 aromatic rings. The molecule has 0 aliphatic rings. The minimum atomic E-state index is -1.34. The summed E-state index contributed by atoms with van der Waals surface area (Å²) in [6, 6.07) is 11.4. The normalized spacial score (nSPS) is 12.7. The molecule has 0 aromatic heterocycles. The van der Waals surface area contributed by atoms with Crippen molar-refractivity contribution in [2.45, 2.75) is 51.8 Å². The first-order valence-electron chi connectivity index (χ1n) is 11.0. The van der Waals surface area contributed by atoms with Gasteiger partial charge < -0.3 is 26.0 Å². The molecule has 0 radical (unpaired) electrons. The molecule has 4 N–H and O–H groups in total. The highest BCUT2D eigenvalue weighted by Gasteiger charge is 2.35. The number of halogens is 1. The molecule has 0 fully saturated rings. The molecule has 0 spiro atoms. The molecule has 0 saturated carbocycles. The van der Waals surface area contributed by atoms with Gasteiger partial charge in [-0.25, -0.2) is 4.79 Å². The van der Waals surface area contributed by atoms with E-state index in [0.717, 1.165) is 10.5 Å². The molecular formula is C25H31ClN4O5. The Bertz CT molecular complexity index is 1060. The summed E-state index contributed by atoms with van der Waals surface area (Å²) in [5.41, 5.74) is 6.17. The van der Waals surface area contributed by atoms with Crippen molar-refractivity contribution in [3.05, 3.63) is 64.7 Å². The van der Waals surface area contributed by atoms with E-state index in [1.807, 2.05) is 0 Å². The van der Waals surface area contributed by atoms with Gasteiger partial charge in [0.15, 0.2) is 0 Å². The van der Waals surface area contributed by atoms with Crippen molar-refractivity contribution >= 4 is 41.1 Å². The molecule has 35 heavy (non-hydrogen) atoms. The molecule has 0 bridgehead atoms. The third-order valence-corrected chi connectivity index (χ3v) is 5.28. The Morgan fingerprint density at radius 1 is 1.06 bits per heavy atom. The average Bonchev–Trinajstić information content (AvgIpc) is 2.74. The number of aryl methyl sites for hydroxylation is 1. The Kier molecular flexibility index (Phi) is 9.25. The van der Waals surface area contributed by atoms with Gasteiger partial charge in [0, 0.05) is 7.05 Å². The fraction of sp³-hybridized carbons (Fsp3) is 0.360. The number of anilines is 1. The van der Waals surface area contributed by atoms with E-state index in [0.29, 0.717) is 16.3 Å². The van der Waals surface area contributed by atoms with Crippen LogP contribution in [0.2, 0.25) is 5.02 Å². The maximum absolute atomic E-state index is 13.5. The van der Waals surface area contributed by atoms with Crippen LogP contribution in [-0.2, 0) is 19.1 Å². The molecule has 4 amide bonds. The maximum Gasteiger partial charge on any atom is 0.408 e. The minimum absolute atomic E-state index is 0.345. The highest BCUT2D eigenvalue weighted by molar-refractivity contribution is 6.34. The number of carbonyl (C=O) groups excluding carboxylic acids is 4. The first-order valence-corrected chi connectivity index (χ1v) is 11.3. The molecule has 0 saturated heterocycles. The molecule has 188 valence electrons. The molecule has 9 nitrogen and oxygen atoms in total. The Labute approximate surface area is 209 Å². The number of rotatable bonds is 8. The number of benzene rings is 2. The third-order valence-electron chi connectivity index (χ3n) is 4.96. The fourth-order valence-electron chi connectivity index (χ4n) is 3.39. The Hall–Kier alpha value is -3.59. The zero-order valence-electron chi connectivity index (χ0n) is 20.4. The molecule has 0 aliphatic carbocycles. The number of nitrogens with two attached hydrogens (primary N) is 1. The number of primary amides is 1. The molecule has 0 heterocycles. The number of likely N-dealkylation sites (N-methyl/N-ethyl adjacent to an activating group) is 1. The fourth-order valence-corrected chi connectivity index (χ4v) is 3.66. The molecule has 2 rings (SSSR count). The number of hydrogen-bond donors (Lipinski definition) is 3. The Morgan fingerprint density at radius 2 is 1.69 bits per heavy atom. The summed E-state index contributed by atoms with van der Waals surface area (Å²) >= 11 is 6.28. The van der Waals surface area contributed by atoms with Gasteiger partial charge >= 0.3 is 6.09 Å². The zero-order chi connectivity index (χ0) is 26.3. The highest BCUT2D eigenvalue weighted by atomic mass is 35.5. The maximum atomic E-state index is 13.5. The summed E-state index contributed by atoms with van der Waals surface area (Å²) < 4.78 is 5.21. The molecule has 2 aromatic carbocycles. The second kappa shape index (κ2) is 11.7. The predicted molar refractivity (Wildman–Crippen MR) is 134 cm³/mol. The van der Waals surface area contributed by atoms with Crippen LogP contribution in [0.4, 0.5) is 10.5 Å². The standard InChI is InChI=1S/C25H31ClN4O5/c1-15-10-9-13-17(26)20(15)29-22(32)21(16-11-7-6-8-12-16)30(5)23(33)18(14-19(27)31)28-24(34)35-25(2,3)4/h6-13,18,21H,14H2,1-5H3,(H2,27,31)(H,28,34)(H,29,32). The van der Waals surface area contributed by atoms with E-state index in [9.17, 15) is 19.2 Å². The lowest BCUT2D eigenvalue weighted by atomic mass is 10.0. The van der Waals surface area contributed by atoms with Gasteiger partial charge in [-0.15, -0.1) is 0 Å². The minimum Gasteiger partial charge on any atom is -0.444 e. The van der Waals surface area contributed by atoms with Crippen molar-refractivity contribution < 1.29 is 23.9 Å². The largest absolute Gasteiger partial charge is 0.444 e. The predicted octanol–water partition coefficient (Wildman–Crippen LogP) is 3.56. The number of nitrogens with zero attached hydrogens (tertiary/aromatic N) is 1. The van der Waals surface area contributed by atoms with Crippen LogP contribution in [0.15, 0.2) is 48.5 Å². The van der Waals surface area contributed by atoms with Crippen molar-refractivity contribution in [2.75, 3.05) is 12.4 Å². The van der Waals surface area contributed by atoms with E-state index < -0.39 is 47.9 Å². The smallest absolute Gasteiger partial charge is 0.408 e. The van der Waals surface area contributed by atoms with Gasteiger partial charge in [0.1, 0.15) is 17.7 Å². The summed E-state index contributed by atoms with van der Waals surface area (Å²) in [6.07, 6.45) is -1.37. The lowest BCUT2D eigenvalue weighted by Gasteiger charge is -2.31. The van der Waals surface area contributed by atoms with E-state index >= 15 is 0 Å². The van der Waals surface area contributed by atoms with Gasteiger partial charge in [-0.3, -0.25) is 14.4 Å². The number of hydrogen-bond acceptors (Lipinski definition) is 5. The van der Waals surface area contributed by atoms with E-state index in [1.54, 1.807) is 76.2 Å². The lowest BCUT2D eigenvalue weighted by molar-refractivity contribution is -0.140. The molecule has 2 unspecified atom stereocenters. The number of alkyl carbamates (subject to hydrolysis) is 1. The van der Waals surface area contributed by atoms with Crippen LogP contribution in [0.3, 0.4) is 0 Å². The topological polar surface area (TPSA) is 131 Å². The van der Waals surface area contributed by atoms with Gasteiger partial charge in [0.05, 0.1) is 17.1 Å². The summed E-state index contributed by atoms with van der Waals surface area (Å²) in [7, 11) is 1.41. The van der Waals surface area contributed by atoms with Crippen LogP contribution in [0, 0.1) is 6.92 Å². The third kappa shape index (κ3) is 7.99. The van der Waals surface area contributed by atoms with Crippen molar-refractivity contribution in [3.8, 4) is 0 Å². The Morgan fingerprint density at radius 3 is 2.23 bits per heavy atom. The van der Waals surface area contributed by atoms with Crippen molar-refractivity contribution in [2.24, 2.45) is 5.73 Å². The molecule has 0 aliphatic heterocycles. The van der Waals surface area contributed by atoms with Crippen molar-refractivity contribution in [1.29, 1.82) is 0 Å². The SMILES string of the molecule is Cc1cccc(Cl)c1NC(=O)C(c1ccccc1)N(C)C(=O)C(CC(N)=O)NC(=O)OC(C)(C)C. The second-order valence-corrected chi connectivity index (χ2v) is 9.46. The lowest BCUT2D eigenvalue weighted by Crippen LogP contribution is -2.52. The summed E-state index contributed by atoms with van der Waals surface area (Å²) in [5.74, 6) is -2.03. The van der Waals surface area contributed by atoms with Gasteiger partial charge in [-0.1, -0.05) is 54.1 Å². The quantitative estimate of drug-likeness (QED) is 0.508. The van der Waals surface area contributed by atoms with Crippen LogP contribution in [0.5, 0.6) is 0 Å². The number of ether oxygens (including phenoxy) is 1. The molecule has 10 heteroatoms. The average molecular weight is 503 g/mol. The van der Waals surface area contributed by atoms with Gasteiger partial charge in [0.25, 0.3) is 5.91 Å². The van der Waals surface area contributed by atoms with Crippen molar-refractivity contribution in [3.63, 3.8) is 0 Å². The van der Waals surface area contributed by atoms with Crippen molar-refractivity contribution in [1.82, 2.24) is 10.2 Å². The van der Waals surface area contributed by atoms with Gasteiger partial charge in [0.2, 0.25) is 11.8 Å². The van der Waals surface area contributed by atoms with E-state index in [4.69, 9.17) is 22.1 Å².